The summed E-state index contributed by atoms with van der Waals surface area (Å²) in [6.45, 7) is 0. The van der Waals surface area contributed by atoms with Crippen molar-refractivity contribution in [3.05, 3.63) is 42.3 Å². The number of urea groups is 1. The topological polar surface area (TPSA) is 76.1 Å². The molecule has 2 amide bonds. The molecule has 2 aromatic rings. The summed E-state index contributed by atoms with van der Waals surface area (Å²) in [5, 5.41) is 4.96. The van der Waals surface area contributed by atoms with Gasteiger partial charge in [0.25, 0.3) is 0 Å². The first-order chi connectivity index (χ1) is 9.17. The van der Waals surface area contributed by atoms with Gasteiger partial charge in [0.05, 0.1) is 7.11 Å². The number of carbonyl (C=O) groups is 1. The Balaban J connectivity index is 2.01. The largest absolute Gasteiger partial charge is 0.467 e. The van der Waals surface area contributed by atoms with E-state index in [1.54, 1.807) is 6.07 Å². The average molecular weight is 262 g/mol. The third-order valence-corrected chi connectivity index (χ3v) is 2.14. The van der Waals surface area contributed by atoms with E-state index in [1.807, 2.05) is 0 Å². The molecule has 0 aliphatic rings. The second-order valence-corrected chi connectivity index (χ2v) is 3.52. The molecule has 0 aliphatic heterocycles. The summed E-state index contributed by atoms with van der Waals surface area (Å²) in [4.78, 5) is 19.4. The molecule has 0 fully saturated rings. The van der Waals surface area contributed by atoms with Gasteiger partial charge < -0.3 is 10.1 Å². The van der Waals surface area contributed by atoms with Gasteiger partial charge >= 0.3 is 12.0 Å². The predicted octanol–water partition coefficient (Wildman–Crippen LogP) is 2.27. The maximum atomic E-state index is 12.9. The van der Waals surface area contributed by atoms with Gasteiger partial charge in [-0.1, -0.05) is 6.07 Å². The lowest BCUT2D eigenvalue weighted by Gasteiger charge is -2.07. The highest BCUT2D eigenvalue weighted by molar-refractivity contribution is 5.99. The van der Waals surface area contributed by atoms with Gasteiger partial charge in [0.1, 0.15) is 11.6 Å². The van der Waals surface area contributed by atoms with Gasteiger partial charge in [-0.05, 0) is 24.3 Å². The molecule has 7 heteroatoms. The summed E-state index contributed by atoms with van der Waals surface area (Å²) in [7, 11) is 1.42. The quantitative estimate of drug-likeness (QED) is 0.889. The van der Waals surface area contributed by atoms with Crippen molar-refractivity contribution < 1.29 is 13.9 Å². The number of hydrogen-bond donors (Lipinski definition) is 2. The number of anilines is 2. The maximum absolute atomic E-state index is 12.9. The van der Waals surface area contributed by atoms with E-state index in [4.69, 9.17) is 4.74 Å². The van der Waals surface area contributed by atoms with Crippen LogP contribution in [0.2, 0.25) is 0 Å². The minimum atomic E-state index is -0.536. The van der Waals surface area contributed by atoms with E-state index in [0.29, 0.717) is 5.69 Å². The fourth-order valence-electron chi connectivity index (χ4n) is 1.35. The van der Waals surface area contributed by atoms with Crippen molar-refractivity contribution >= 4 is 17.5 Å². The molecule has 1 heterocycles. The summed E-state index contributed by atoms with van der Waals surface area (Å²) in [5.41, 5.74) is 0.346. The van der Waals surface area contributed by atoms with E-state index in [-0.39, 0.29) is 11.8 Å². The number of hydrogen-bond acceptors (Lipinski definition) is 4. The Morgan fingerprint density at radius 3 is 2.89 bits per heavy atom. The van der Waals surface area contributed by atoms with Crippen molar-refractivity contribution in [3.8, 4) is 6.01 Å². The SMILES string of the molecule is COc1nccc(NC(=O)Nc2cccc(F)c2)n1. The maximum Gasteiger partial charge on any atom is 0.324 e. The molecule has 0 unspecified atom stereocenters. The van der Waals surface area contributed by atoms with E-state index in [1.165, 1.54) is 37.6 Å². The van der Waals surface area contributed by atoms with E-state index in [0.717, 1.165) is 0 Å². The van der Waals surface area contributed by atoms with Crippen molar-refractivity contribution in [1.29, 1.82) is 0 Å². The van der Waals surface area contributed by atoms with Crippen molar-refractivity contribution in [3.63, 3.8) is 0 Å². The molecule has 0 spiro atoms. The zero-order chi connectivity index (χ0) is 13.7. The minimum Gasteiger partial charge on any atom is -0.467 e. The van der Waals surface area contributed by atoms with Crippen LogP contribution >= 0.6 is 0 Å². The van der Waals surface area contributed by atoms with Crippen LogP contribution in [0, 0.1) is 5.82 Å². The van der Waals surface area contributed by atoms with Gasteiger partial charge in [-0.2, -0.15) is 4.98 Å². The molecular formula is C12H11FN4O2. The van der Waals surface area contributed by atoms with Gasteiger partial charge in [-0.25, -0.2) is 14.2 Å². The van der Waals surface area contributed by atoms with E-state index in [9.17, 15) is 9.18 Å². The normalized spacial score (nSPS) is 9.79. The lowest BCUT2D eigenvalue weighted by atomic mass is 10.3. The van der Waals surface area contributed by atoms with Crippen LogP contribution in [-0.2, 0) is 0 Å². The van der Waals surface area contributed by atoms with E-state index >= 15 is 0 Å². The van der Waals surface area contributed by atoms with Crippen LogP contribution in [0.25, 0.3) is 0 Å². The molecule has 6 nitrogen and oxygen atoms in total. The van der Waals surface area contributed by atoms with Gasteiger partial charge in [0, 0.05) is 11.9 Å². The first kappa shape index (κ1) is 12.7. The number of halogens is 1. The Bertz CT molecular complexity index is 591. The molecular weight excluding hydrogens is 251 g/mol. The number of nitrogens with one attached hydrogen (secondary N) is 2. The molecule has 0 atom stereocenters. The van der Waals surface area contributed by atoms with Gasteiger partial charge in [0.15, 0.2) is 0 Å². The van der Waals surface area contributed by atoms with E-state index in [2.05, 4.69) is 20.6 Å². The summed E-state index contributed by atoms with van der Waals surface area (Å²) >= 11 is 0. The third kappa shape index (κ3) is 3.63. The van der Waals surface area contributed by atoms with Crippen LogP contribution in [-0.4, -0.2) is 23.1 Å². The number of rotatable bonds is 3. The van der Waals surface area contributed by atoms with Crippen LogP contribution < -0.4 is 15.4 Å². The average Bonchev–Trinajstić information content (AvgIpc) is 2.38. The predicted molar refractivity (Wildman–Crippen MR) is 67.6 cm³/mol. The molecule has 2 rings (SSSR count). The fraction of sp³-hybridized carbons (Fsp3) is 0.0833. The highest BCUT2D eigenvalue weighted by Crippen LogP contribution is 2.11. The molecule has 98 valence electrons. The van der Waals surface area contributed by atoms with Crippen molar-refractivity contribution in [2.45, 2.75) is 0 Å². The van der Waals surface area contributed by atoms with Crippen molar-refractivity contribution in [2.75, 3.05) is 17.7 Å². The van der Waals surface area contributed by atoms with Crippen LogP contribution in [0.4, 0.5) is 20.7 Å². The second kappa shape index (κ2) is 5.76. The van der Waals surface area contributed by atoms with Crippen molar-refractivity contribution in [2.24, 2.45) is 0 Å². The third-order valence-electron chi connectivity index (χ3n) is 2.14. The molecule has 2 N–H and O–H groups in total. The molecule has 0 saturated heterocycles. The molecule has 0 radical (unpaired) electrons. The van der Waals surface area contributed by atoms with Crippen LogP contribution in [0.3, 0.4) is 0 Å². The lowest BCUT2D eigenvalue weighted by Crippen LogP contribution is -2.20. The zero-order valence-electron chi connectivity index (χ0n) is 10.1. The fourth-order valence-corrected chi connectivity index (χ4v) is 1.35. The molecule has 0 aliphatic carbocycles. The smallest absolute Gasteiger partial charge is 0.324 e. The molecule has 19 heavy (non-hydrogen) atoms. The first-order valence-electron chi connectivity index (χ1n) is 5.38. The summed E-state index contributed by atoms with van der Waals surface area (Å²) in [6, 6.07) is 6.68. The number of benzene rings is 1. The van der Waals surface area contributed by atoms with E-state index < -0.39 is 11.8 Å². The number of carbonyl (C=O) groups excluding carboxylic acids is 1. The number of methoxy groups -OCH3 is 1. The Kier molecular flexibility index (Phi) is 3.87. The lowest BCUT2D eigenvalue weighted by molar-refractivity contribution is 0.262. The number of nitrogens with zero attached hydrogens (tertiary/aromatic N) is 2. The highest BCUT2D eigenvalue weighted by atomic mass is 19.1. The number of aromatic nitrogens is 2. The standard InChI is InChI=1S/C12H11FN4O2/c1-19-12-14-6-5-10(17-12)16-11(18)15-9-4-2-3-8(13)7-9/h2-7H,1H3,(H2,14,15,16,17,18). The molecule has 1 aromatic carbocycles. The Labute approximate surface area is 108 Å². The summed E-state index contributed by atoms with van der Waals surface area (Å²) < 4.78 is 17.8. The van der Waals surface area contributed by atoms with Gasteiger partial charge in [-0.3, -0.25) is 5.32 Å². The molecule has 1 aromatic heterocycles. The number of ether oxygens (including phenoxy) is 1. The monoisotopic (exact) mass is 262 g/mol. The van der Waals surface area contributed by atoms with Crippen molar-refractivity contribution in [1.82, 2.24) is 9.97 Å². The van der Waals surface area contributed by atoms with Gasteiger partial charge in [-0.15, -0.1) is 0 Å². The second-order valence-electron chi connectivity index (χ2n) is 3.52. The Hall–Kier alpha value is -2.70. The van der Waals surface area contributed by atoms with Crippen LogP contribution in [0.5, 0.6) is 6.01 Å². The summed E-state index contributed by atoms with van der Waals surface area (Å²) in [5.74, 6) is -0.151. The zero-order valence-corrected chi connectivity index (χ0v) is 10.1. The molecule has 0 bridgehead atoms. The Morgan fingerprint density at radius 2 is 2.16 bits per heavy atom. The Morgan fingerprint density at radius 1 is 1.32 bits per heavy atom. The van der Waals surface area contributed by atoms with Crippen LogP contribution in [0.1, 0.15) is 0 Å². The van der Waals surface area contributed by atoms with Crippen LogP contribution in [0.15, 0.2) is 36.5 Å². The highest BCUT2D eigenvalue weighted by Gasteiger charge is 2.05. The number of amides is 2. The summed E-state index contributed by atoms with van der Waals surface area (Å²) in [6.07, 6.45) is 1.45. The minimum absolute atomic E-state index is 0.142. The van der Waals surface area contributed by atoms with Gasteiger partial charge in [0.2, 0.25) is 0 Å². The molecule has 0 saturated carbocycles. The first-order valence-corrected chi connectivity index (χ1v) is 5.38.